The third kappa shape index (κ3) is 2.60. The fourth-order valence-corrected chi connectivity index (χ4v) is 6.50. The molecule has 88 valence electrons. The maximum Gasteiger partial charge on any atom is 0.151 e. The van der Waals surface area contributed by atoms with Gasteiger partial charge in [-0.15, -0.1) is 0 Å². The molecule has 0 spiro atoms. The molecule has 0 aromatic heterocycles. The average molecular weight is 251 g/mol. The van der Waals surface area contributed by atoms with E-state index in [0.717, 1.165) is 6.42 Å². The van der Waals surface area contributed by atoms with Crippen LogP contribution in [-0.4, -0.2) is 47.2 Å². The molecule has 0 amide bonds. The highest BCUT2D eigenvalue weighted by Gasteiger charge is 2.38. The number of nitrogens with one attached hydrogen (secondary N) is 1. The van der Waals surface area contributed by atoms with Gasteiger partial charge in [-0.1, -0.05) is 0 Å². The Balaban J connectivity index is 2.20. The smallest absolute Gasteiger partial charge is 0.151 e. The largest absolute Gasteiger partial charge is 0.310 e. The molecule has 0 radical (unpaired) electrons. The van der Waals surface area contributed by atoms with E-state index in [1.54, 1.807) is 0 Å². The highest BCUT2D eigenvalue weighted by Crippen LogP contribution is 2.22. The van der Waals surface area contributed by atoms with Crippen LogP contribution in [0.4, 0.5) is 0 Å². The van der Waals surface area contributed by atoms with E-state index in [2.05, 4.69) is 12.2 Å². The van der Waals surface area contributed by atoms with E-state index in [1.807, 2.05) is 0 Å². The van der Waals surface area contributed by atoms with Crippen molar-refractivity contribution in [3.63, 3.8) is 0 Å². The van der Waals surface area contributed by atoms with Gasteiger partial charge < -0.3 is 5.32 Å². The van der Waals surface area contributed by atoms with Gasteiger partial charge in [0.15, 0.2) is 9.84 Å². The molecule has 0 saturated carbocycles. The summed E-state index contributed by atoms with van der Waals surface area (Å²) in [5.74, 6) is 0.972. The van der Waals surface area contributed by atoms with Gasteiger partial charge in [-0.05, 0) is 19.8 Å². The van der Waals surface area contributed by atoms with Gasteiger partial charge in [0.1, 0.15) is 0 Å². The van der Waals surface area contributed by atoms with Gasteiger partial charge in [-0.3, -0.25) is 4.21 Å². The van der Waals surface area contributed by atoms with Gasteiger partial charge >= 0.3 is 0 Å². The minimum atomic E-state index is -2.95. The predicted molar refractivity (Wildman–Crippen MR) is 61.1 cm³/mol. The zero-order chi connectivity index (χ0) is 11.1. The molecule has 0 aromatic rings. The van der Waals surface area contributed by atoms with Crippen molar-refractivity contribution in [2.45, 2.75) is 37.1 Å². The maximum atomic E-state index is 11.9. The standard InChI is InChI=1S/C9H17NO3S2/c1-7-2-4-14(11)9-6-15(12,13)5-3-8(9)10-7/h7-10H,2-6H2,1H3. The fraction of sp³-hybridized carbons (Fsp3) is 1.00. The van der Waals surface area contributed by atoms with Crippen LogP contribution in [0.15, 0.2) is 0 Å². The zero-order valence-electron chi connectivity index (χ0n) is 8.81. The zero-order valence-corrected chi connectivity index (χ0v) is 10.4. The molecule has 4 nitrogen and oxygen atoms in total. The van der Waals surface area contributed by atoms with Crippen LogP contribution in [0, 0.1) is 0 Å². The molecular formula is C9H17NO3S2. The average Bonchev–Trinajstić information content (AvgIpc) is 2.28. The van der Waals surface area contributed by atoms with E-state index >= 15 is 0 Å². The predicted octanol–water partition coefficient (Wildman–Crippen LogP) is -0.327. The Morgan fingerprint density at radius 1 is 1.33 bits per heavy atom. The van der Waals surface area contributed by atoms with E-state index in [9.17, 15) is 12.6 Å². The molecular weight excluding hydrogens is 234 g/mol. The van der Waals surface area contributed by atoms with Gasteiger partial charge in [-0.25, -0.2) is 8.42 Å². The first-order valence-electron chi connectivity index (χ1n) is 5.31. The Kier molecular flexibility index (Phi) is 3.19. The molecule has 6 heteroatoms. The SMILES string of the molecule is CC1CCS(=O)C2CS(=O)(=O)CCC2N1. The topological polar surface area (TPSA) is 63.2 Å². The lowest BCUT2D eigenvalue weighted by Crippen LogP contribution is -2.51. The Hall–Kier alpha value is 0.0600. The second kappa shape index (κ2) is 4.14. The molecule has 2 fully saturated rings. The summed E-state index contributed by atoms with van der Waals surface area (Å²) in [5, 5.41) is 3.21. The van der Waals surface area contributed by atoms with Crippen molar-refractivity contribution in [2.75, 3.05) is 17.3 Å². The fourth-order valence-electron chi connectivity index (χ4n) is 2.29. The molecule has 4 atom stereocenters. The number of rotatable bonds is 0. The monoisotopic (exact) mass is 251 g/mol. The lowest BCUT2D eigenvalue weighted by atomic mass is 10.1. The normalized spacial score (nSPS) is 45.4. The van der Waals surface area contributed by atoms with E-state index in [1.165, 1.54) is 0 Å². The molecule has 2 aliphatic heterocycles. The molecule has 1 N–H and O–H groups in total. The summed E-state index contributed by atoms with van der Waals surface area (Å²) in [6.45, 7) is 2.07. The number of hydrogen-bond acceptors (Lipinski definition) is 4. The first-order valence-corrected chi connectivity index (χ1v) is 8.52. The number of hydrogen-bond donors (Lipinski definition) is 1. The summed E-state index contributed by atoms with van der Waals surface area (Å²) >= 11 is 0. The molecule has 2 aliphatic rings. The van der Waals surface area contributed by atoms with Crippen LogP contribution in [0.2, 0.25) is 0 Å². The van der Waals surface area contributed by atoms with E-state index < -0.39 is 20.6 Å². The van der Waals surface area contributed by atoms with E-state index in [-0.39, 0.29) is 22.8 Å². The Morgan fingerprint density at radius 2 is 2.07 bits per heavy atom. The third-order valence-electron chi connectivity index (χ3n) is 3.20. The van der Waals surface area contributed by atoms with Crippen molar-refractivity contribution < 1.29 is 12.6 Å². The van der Waals surface area contributed by atoms with Crippen molar-refractivity contribution >= 4 is 20.6 Å². The van der Waals surface area contributed by atoms with Crippen molar-refractivity contribution in [3.05, 3.63) is 0 Å². The molecule has 4 unspecified atom stereocenters. The van der Waals surface area contributed by atoms with Gasteiger partial charge in [0, 0.05) is 28.6 Å². The lowest BCUT2D eigenvalue weighted by molar-refractivity contribution is 0.422. The highest BCUT2D eigenvalue weighted by atomic mass is 32.2. The quantitative estimate of drug-likeness (QED) is 0.640. The lowest BCUT2D eigenvalue weighted by Gasteiger charge is -2.30. The molecule has 0 bridgehead atoms. The summed E-state index contributed by atoms with van der Waals surface area (Å²) in [7, 11) is -3.94. The summed E-state index contributed by atoms with van der Waals surface area (Å²) in [6.07, 6.45) is 1.49. The second-order valence-electron chi connectivity index (χ2n) is 4.49. The van der Waals surface area contributed by atoms with Crippen LogP contribution in [-0.2, 0) is 20.6 Å². The van der Waals surface area contributed by atoms with Crippen molar-refractivity contribution in [1.29, 1.82) is 0 Å². The van der Waals surface area contributed by atoms with Crippen molar-refractivity contribution in [2.24, 2.45) is 0 Å². The third-order valence-corrected chi connectivity index (χ3v) is 6.94. The first-order chi connectivity index (χ1) is 6.98. The first kappa shape index (κ1) is 11.5. The molecule has 2 rings (SSSR count). The Bertz CT molecular complexity index is 366. The second-order valence-corrected chi connectivity index (χ2v) is 8.49. The number of sulfone groups is 1. The summed E-state index contributed by atoms with van der Waals surface area (Å²) < 4.78 is 34.9. The Morgan fingerprint density at radius 3 is 2.80 bits per heavy atom. The van der Waals surface area contributed by atoms with E-state index in [0.29, 0.717) is 18.2 Å². The van der Waals surface area contributed by atoms with Crippen LogP contribution in [0.5, 0.6) is 0 Å². The van der Waals surface area contributed by atoms with E-state index in [4.69, 9.17) is 0 Å². The van der Waals surface area contributed by atoms with Crippen molar-refractivity contribution in [3.8, 4) is 0 Å². The Labute approximate surface area is 93.2 Å². The molecule has 2 saturated heterocycles. The van der Waals surface area contributed by atoms with Crippen LogP contribution >= 0.6 is 0 Å². The summed E-state index contributed by atoms with van der Waals surface area (Å²) in [5.41, 5.74) is 0. The molecule has 15 heavy (non-hydrogen) atoms. The number of fused-ring (bicyclic) bond motifs is 1. The maximum absolute atomic E-state index is 11.9. The van der Waals surface area contributed by atoms with Crippen LogP contribution in [0.25, 0.3) is 0 Å². The van der Waals surface area contributed by atoms with Crippen LogP contribution in [0.1, 0.15) is 19.8 Å². The molecule has 2 heterocycles. The summed E-state index contributed by atoms with van der Waals surface area (Å²) in [6, 6.07) is 0.483. The van der Waals surface area contributed by atoms with Crippen molar-refractivity contribution in [1.82, 2.24) is 5.32 Å². The molecule has 0 aliphatic carbocycles. The molecule has 0 aromatic carbocycles. The van der Waals surface area contributed by atoms with Crippen LogP contribution < -0.4 is 5.32 Å². The van der Waals surface area contributed by atoms with Gasteiger partial charge in [0.05, 0.1) is 16.8 Å². The minimum absolute atomic E-state index is 0.101. The highest BCUT2D eigenvalue weighted by molar-refractivity contribution is 7.93. The van der Waals surface area contributed by atoms with Crippen LogP contribution in [0.3, 0.4) is 0 Å². The summed E-state index contributed by atoms with van der Waals surface area (Å²) in [4.78, 5) is 0. The van der Waals surface area contributed by atoms with Gasteiger partial charge in [0.2, 0.25) is 0 Å². The van der Waals surface area contributed by atoms with Gasteiger partial charge in [-0.2, -0.15) is 0 Å². The van der Waals surface area contributed by atoms with Gasteiger partial charge in [0.25, 0.3) is 0 Å². The minimum Gasteiger partial charge on any atom is -0.310 e.